The first-order valence-electron chi connectivity index (χ1n) is 6.84. The van der Waals surface area contributed by atoms with Crippen molar-refractivity contribution in [3.8, 4) is 0 Å². The molecule has 19 heavy (non-hydrogen) atoms. The maximum atomic E-state index is 7.47. The number of nitrogens with one attached hydrogen (secondary N) is 1. The first-order chi connectivity index (χ1) is 8.95. The summed E-state index contributed by atoms with van der Waals surface area (Å²) in [4.78, 5) is 2.42. The van der Waals surface area contributed by atoms with Crippen molar-refractivity contribution in [1.29, 1.82) is 5.41 Å². The van der Waals surface area contributed by atoms with E-state index in [1.807, 2.05) is 12.1 Å². The highest BCUT2D eigenvalue weighted by Crippen LogP contribution is 2.37. The van der Waals surface area contributed by atoms with Gasteiger partial charge in [0.25, 0.3) is 0 Å². The lowest BCUT2D eigenvalue weighted by atomic mass is 9.78. The highest BCUT2D eigenvalue weighted by atomic mass is 79.9. The van der Waals surface area contributed by atoms with Gasteiger partial charge in [-0.3, -0.25) is 5.41 Å². The standard InChI is InChI=1S/C15H22BrN3/c1-3-15(2)6-8-19(9-7-15)13-5-4-11(14(17)18)10-12(13)16/h4-5,10H,3,6-9H2,1-2H3,(H3,17,18). The van der Waals surface area contributed by atoms with Crippen LogP contribution in [0.2, 0.25) is 0 Å². The molecular formula is C15H22BrN3. The van der Waals surface area contributed by atoms with Gasteiger partial charge in [0.2, 0.25) is 0 Å². The molecule has 1 fully saturated rings. The van der Waals surface area contributed by atoms with Crippen LogP contribution in [0.1, 0.15) is 38.7 Å². The Labute approximate surface area is 123 Å². The second kappa shape index (κ2) is 5.53. The van der Waals surface area contributed by atoms with Gasteiger partial charge in [0.1, 0.15) is 5.84 Å². The summed E-state index contributed by atoms with van der Waals surface area (Å²) in [6, 6.07) is 5.93. The summed E-state index contributed by atoms with van der Waals surface area (Å²) in [6.07, 6.45) is 3.74. The molecule has 0 bridgehead atoms. The monoisotopic (exact) mass is 323 g/mol. The molecule has 104 valence electrons. The van der Waals surface area contributed by atoms with Gasteiger partial charge in [-0.05, 0) is 52.4 Å². The largest absolute Gasteiger partial charge is 0.384 e. The fraction of sp³-hybridized carbons (Fsp3) is 0.533. The molecule has 0 atom stereocenters. The number of amidine groups is 1. The number of hydrogen-bond acceptors (Lipinski definition) is 2. The topological polar surface area (TPSA) is 53.1 Å². The van der Waals surface area contributed by atoms with Crippen LogP contribution in [0.4, 0.5) is 5.69 Å². The number of anilines is 1. The third-order valence-electron chi connectivity index (χ3n) is 4.42. The predicted molar refractivity (Wildman–Crippen MR) is 85.0 cm³/mol. The van der Waals surface area contributed by atoms with Gasteiger partial charge in [-0.2, -0.15) is 0 Å². The van der Waals surface area contributed by atoms with Crippen LogP contribution in [0.3, 0.4) is 0 Å². The molecule has 2 rings (SSSR count). The van der Waals surface area contributed by atoms with Gasteiger partial charge in [0.15, 0.2) is 0 Å². The quantitative estimate of drug-likeness (QED) is 0.657. The number of piperidine rings is 1. The van der Waals surface area contributed by atoms with Gasteiger partial charge >= 0.3 is 0 Å². The Balaban J connectivity index is 2.14. The SMILES string of the molecule is CCC1(C)CCN(c2ccc(C(=N)N)cc2Br)CC1. The molecule has 0 aromatic heterocycles. The van der Waals surface area contributed by atoms with Crippen molar-refractivity contribution < 1.29 is 0 Å². The molecule has 0 unspecified atom stereocenters. The van der Waals surface area contributed by atoms with E-state index in [1.165, 1.54) is 24.9 Å². The van der Waals surface area contributed by atoms with Gasteiger partial charge in [0, 0.05) is 23.1 Å². The van der Waals surface area contributed by atoms with E-state index in [-0.39, 0.29) is 5.84 Å². The van der Waals surface area contributed by atoms with Crippen LogP contribution in [-0.2, 0) is 0 Å². The van der Waals surface area contributed by atoms with Crippen LogP contribution in [0.15, 0.2) is 22.7 Å². The molecule has 0 radical (unpaired) electrons. The van der Waals surface area contributed by atoms with Gasteiger partial charge in [-0.1, -0.05) is 20.3 Å². The molecule has 1 aliphatic rings. The zero-order chi connectivity index (χ0) is 14.0. The van der Waals surface area contributed by atoms with Crippen molar-refractivity contribution >= 4 is 27.5 Å². The fourth-order valence-electron chi connectivity index (χ4n) is 2.57. The number of rotatable bonds is 3. The first-order valence-corrected chi connectivity index (χ1v) is 7.63. The van der Waals surface area contributed by atoms with Crippen LogP contribution >= 0.6 is 15.9 Å². The fourth-order valence-corrected chi connectivity index (χ4v) is 3.20. The Bertz CT molecular complexity index is 476. The lowest BCUT2D eigenvalue weighted by Gasteiger charge is -2.40. The molecule has 1 heterocycles. The van der Waals surface area contributed by atoms with Crippen LogP contribution in [0.5, 0.6) is 0 Å². The number of halogens is 1. The van der Waals surface area contributed by atoms with E-state index in [9.17, 15) is 0 Å². The molecule has 0 saturated carbocycles. The van der Waals surface area contributed by atoms with Gasteiger partial charge in [-0.25, -0.2) is 0 Å². The highest BCUT2D eigenvalue weighted by molar-refractivity contribution is 9.10. The van der Waals surface area contributed by atoms with Crippen molar-refractivity contribution in [3.63, 3.8) is 0 Å². The molecular weight excluding hydrogens is 302 g/mol. The Morgan fingerprint density at radius 1 is 1.42 bits per heavy atom. The maximum Gasteiger partial charge on any atom is 0.122 e. The minimum atomic E-state index is 0.115. The first kappa shape index (κ1) is 14.4. The van der Waals surface area contributed by atoms with E-state index in [2.05, 4.69) is 40.7 Å². The molecule has 0 spiro atoms. The Morgan fingerprint density at radius 2 is 2.05 bits per heavy atom. The van der Waals surface area contributed by atoms with E-state index in [4.69, 9.17) is 11.1 Å². The minimum Gasteiger partial charge on any atom is -0.384 e. The second-order valence-corrected chi connectivity index (χ2v) is 6.59. The van der Waals surface area contributed by atoms with Crippen LogP contribution in [0, 0.1) is 10.8 Å². The highest BCUT2D eigenvalue weighted by Gasteiger charge is 2.28. The normalized spacial score (nSPS) is 18.4. The van der Waals surface area contributed by atoms with Gasteiger partial charge < -0.3 is 10.6 Å². The number of nitrogen functional groups attached to an aromatic ring is 1. The summed E-state index contributed by atoms with van der Waals surface area (Å²) in [7, 11) is 0. The Morgan fingerprint density at radius 3 is 2.53 bits per heavy atom. The number of nitrogens with two attached hydrogens (primary N) is 1. The van der Waals surface area contributed by atoms with Crippen molar-refractivity contribution in [2.24, 2.45) is 11.1 Å². The van der Waals surface area contributed by atoms with Crippen LogP contribution in [-0.4, -0.2) is 18.9 Å². The zero-order valence-electron chi connectivity index (χ0n) is 11.7. The average molecular weight is 324 g/mol. The lowest BCUT2D eigenvalue weighted by molar-refractivity contribution is 0.238. The van der Waals surface area contributed by atoms with E-state index in [1.54, 1.807) is 0 Å². The zero-order valence-corrected chi connectivity index (χ0v) is 13.3. The smallest absolute Gasteiger partial charge is 0.122 e. The van der Waals surface area contributed by atoms with Gasteiger partial charge in [-0.15, -0.1) is 0 Å². The summed E-state index contributed by atoms with van der Waals surface area (Å²) in [5, 5.41) is 7.47. The molecule has 1 aromatic carbocycles. The van der Waals surface area contributed by atoms with Crippen molar-refractivity contribution in [3.05, 3.63) is 28.2 Å². The van der Waals surface area contributed by atoms with Crippen molar-refractivity contribution in [1.82, 2.24) is 0 Å². The predicted octanol–water partition coefficient (Wildman–Crippen LogP) is 3.75. The molecule has 3 nitrogen and oxygen atoms in total. The summed E-state index contributed by atoms with van der Waals surface area (Å²) in [6.45, 7) is 6.87. The molecule has 1 saturated heterocycles. The summed E-state index contributed by atoms with van der Waals surface area (Å²) in [5.74, 6) is 0.115. The van der Waals surface area contributed by atoms with E-state index in [0.29, 0.717) is 5.41 Å². The maximum absolute atomic E-state index is 7.47. The Kier molecular flexibility index (Phi) is 4.19. The summed E-state index contributed by atoms with van der Waals surface area (Å²) in [5.41, 5.74) is 8.00. The third kappa shape index (κ3) is 3.11. The van der Waals surface area contributed by atoms with E-state index < -0.39 is 0 Å². The molecule has 3 N–H and O–H groups in total. The number of nitrogens with zero attached hydrogens (tertiary/aromatic N) is 1. The molecule has 0 aliphatic carbocycles. The number of hydrogen-bond donors (Lipinski definition) is 2. The van der Waals surface area contributed by atoms with Gasteiger partial charge in [0.05, 0.1) is 5.69 Å². The average Bonchev–Trinajstić information content (AvgIpc) is 2.40. The summed E-state index contributed by atoms with van der Waals surface area (Å²) < 4.78 is 1.03. The molecule has 1 aromatic rings. The van der Waals surface area contributed by atoms with Crippen LogP contribution in [0.25, 0.3) is 0 Å². The summed E-state index contributed by atoms with van der Waals surface area (Å²) >= 11 is 3.60. The minimum absolute atomic E-state index is 0.115. The Hall–Kier alpha value is -1.03. The second-order valence-electron chi connectivity index (χ2n) is 5.73. The third-order valence-corrected chi connectivity index (χ3v) is 5.06. The molecule has 4 heteroatoms. The van der Waals surface area contributed by atoms with E-state index in [0.717, 1.165) is 23.1 Å². The lowest BCUT2D eigenvalue weighted by Crippen LogP contribution is -2.38. The van der Waals surface area contributed by atoms with Crippen LogP contribution < -0.4 is 10.6 Å². The number of benzene rings is 1. The van der Waals surface area contributed by atoms with Crippen molar-refractivity contribution in [2.45, 2.75) is 33.1 Å². The molecule has 1 aliphatic heterocycles. The molecule has 0 amide bonds. The van der Waals surface area contributed by atoms with Crippen molar-refractivity contribution in [2.75, 3.05) is 18.0 Å². The van der Waals surface area contributed by atoms with E-state index >= 15 is 0 Å².